The lowest BCUT2D eigenvalue weighted by molar-refractivity contribution is -0.139. The number of hydrogen-bond donors (Lipinski definition) is 2. The van der Waals surface area contributed by atoms with Crippen molar-refractivity contribution in [2.75, 3.05) is 20.7 Å². The Morgan fingerprint density at radius 2 is 1.80 bits per heavy atom. The van der Waals surface area contributed by atoms with Crippen LogP contribution in [0.1, 0.15) is 47.0 Å². The normalized spacial score (nSPS) is 14.6. The molecule has 0 rings (SSSR count). The number of carbonyl (C=O) groups is 2. The van der Waals surface area contributed by atoms with Crippen molar-refractivity contribution in [3.8, 4) is 0 Å². The topological polar surface area (TPSA) is 69.6 Å². The molecule has 5 heteroatoms. The van der Waals surface area contributed by atoms with Gasteiger partial charge in [-0.15, -0.1) is 0 Å². The number of unbranched alkanes of at least 4 members (excludes halogenated alkanes) is 1. The van der Waals surface area contributed by atoms with E-state index in [1.165, 1.54) is 4.90 Å². The molecule has 0 aliphatic heterocycles. The quantitative estimate of drug-likeness (QED) is 0.743. The minimum absolute atomic E-state index is 0.127. The molecule has 0 saturated carbocycles. The molecular weight excluding hydrogens is 256 g/mol. The number of amides is 2. The maximum atomic E-state index is 12.2. The van der Waals surface area contributed by atoms with Gasteiger partial charge in [-0.3, -0.25) is 9.59 Å². The van der Waals surface area contributed by atoms with E-state index in [1.807, 2.05) is 27.7 Å². The van der Waals surface area contributed by atoms with Gasteiger partial charge in [-0.05, 0) is 11.8 Å². The second-order valence-electron chi connectivity index (χ2n) is 6.56. The Morgan fingerprint density at radius 1 is 1.25 bits per heavy atom. The average Bonchev–Trinajstić information content (AvgIpc) is 2.34. The maximum Gasteiger partial charge on any atom is 0.245 e. The van der Waals surface area contributed by atoms with Crippen molar-refractivity contribution in [3.05, 3.63) is 0 Å². The predicted octanol–water partition coefficient (Wildman–Crippen LogP) is 1.40. The van der Waals surface area contributed by atoms with Gasteiger partial charge >= 0.3 is 0 Å². The molecule has 0 aliphatic rings. The zero-order chi connectivity index (χ0) is 15.9. The molecule has 20 heavy (non-hydrogen) atoms. The van der Waals surface area contributed by atoms with Crippen molar-refractivity contribution < 1.29 is 14.7 Å². The minimum atomic E-state index is -0.583. The fraction of sp³-hybridized carbons (Fsp3) is 0.867. The van der Waals surface area contributed by atoms with Crippen LogP contribution in [0, 0.1) is 11.3 Å². The molecule has 0 radical (unpaired) electrons. The van der Waals surface area contributed by atoms with E-state index in [-0.39, 0.29) is 23.8 Å². The van der Waals surface area contributed by atoms with Gasteiger partial charge in [0.2, 0.25) is 11.8 Å². The molecule has 0 aromatic rings. The Hall–Kier alpha value is -1.10. The van der Waals surface area contributed by atoms with Gasteiger partial charge < -0.3 is 15.3 Å². The highest BCUT2D eigenvalue weighted by Crippen LogP contribution is 2.21. The Morgan fingerprint density at radius 3 is 2.15 bits per heavy atom. The van der Waals surface area contributed by atoms with Gasteiger partial charge in [0.25, 0.3) is 0 Å². The van der Waals surface area contributed by atoms with Gasteiger partial charge in [-0.2, -0.15) is 0 Å². The van der Waals surface area contributed by atoms with Crippen LogP contribution < -0.4 is 5.32 Å². The summed E-state index contributed by atoms with van der Waals surface area (Å²) in [6, 6.07) is -0.583. The van der Waals surface area contributed by atoms with E-state index in [0.29, 0.717) is 6.42 Å². The summed E-state index contributed by atoms with van der Waals surface area (Å²) in [6.45, 7) is 7.61. The van der Waals surface area contributed by atoms with E-state index in [1.54, 1.807) is 14.1 Å². The second kappa shape index (κ2) is 8.25. The maximum absolute atomic E-state index is 12.2. The summed E-state index contributed by atoms with van der Waals surface area (Å²) in [7, 11) is 3.35. The van der Waals surface area contributed by atoms with Gasteiger partial charge in [0.05, 0.1) is 12.5 Å². The molecule has 118 valence electrons. The summed E-state index contributed by atoms with van der Waals surface area (Å²) < 4.78 is 0. The standard InChI is InChI=1S/C15H30N2O3/c1-7-8-9-11(10-18)13(19)16-12(15(2,3)4)14(20)17(5)6/h11-12,18H,7-10H2,1-6H3,(H,16,19)/t11-,12-/m1/s1. The van der Waals surface area contributed by atoms with Crippen molar-refractivity contribution in [1.29, 1.82) is 0 Å². The zero-order valence-electron chi connectivity index (χ0n) is 13.7. The lowest BCUT2D eigenvalue weighted by Gasteiger charge is -2.33. The zero-order valence-corrected chi connectivity index (χ0v) is 13.7. The highest BCUT2D eigenvalue weighted by atomic mass is 16.3. The van der Waals surface area contributed by atoms with Gasteiger partial charge in [0.15, 0.2) is 0 Å². The first-order valence-electron chi connectivity index (χ1n) is 7.27. The van der Waals surface area contributed by atoms with Crippen molar-refractivity contribution in [2.24, 2.45) is 11.3 Å². The van der Waals surface area contributed by atoms with Crippen LogP contribution in [-0.2, 0) is 9.59 Å². The molecule has 0 heterocycles. The summed E-state index contributed by atoms with van der Waals surface area (Å²) >= 11 is 0. The predicted molar refractivity (Wildman–Crippen MR) is 80.2 cm³/mol. The molecular formula is C15H30N2O3. The molecule has 0 fully saturated rings. The third-order valence-corrected chi connectivity index (χ3v) is 3.34. The summed E-state index contributed by atoms with van der Waals surface area (Å²) in [6.07, 6.45) is 2.51. The molecule has 0 unspecified atom stereocenters. The molecule has 0 spiro atoms. The number of rotatable bonds is 7. The molecule has 2 atom stereocenters. The molecule has 0 aliphatic carbocycles. The largest absolute Gasteiger partial charge is 0.396 e. The van der Waals surface area contributed by atoms with Crippen LogP contribution in [0.5, 0.6) is 0 Å². The first-order chi connectivity index (χ1) is 9.15. The SMILES string of the molecule is CCCC[C@H](CO)C(=O)N[C@H](C(=O)N(C)C)C(C)(C)C. The minimum Gasteiger partial charge on any atom is -0.396 e. The summed E-state index contributed by atoms with van der Waals surface area (Å²) in [5, 5.41) is 12.1. The molecule has 5 nitrogen and oxygen atoms in total. The summed E-state index contributed by atoms with van der Waals surface area (Å²) in [5.74, 6) is -0.802. The highest BCUT2D eigenvalue weighted by Gasteiger charge is 2.35. The first kappa shape index (κ1) is 18.9. The lowest BCUT2D eigenvalue weighted by atomic mass is 9.85. The Kier molecular flexibility index (Phi) is 7.79. The van der Waals surface area contributed by atoms with E-state index in [9.17, 15) is 14.7 Å². The highest BCUT2D eigenvalue weighted by molar-refractivity contribution is 5.88. The van der Waals surface area contributed by atoms with E-state index in [4.69, 9.17) is 0 Å². The van der Waals surface area contributed by atoms with Crippen molar-refractivity contribution >= 4 is 11.8 Å². The van der Waals surface area contributed by atoms with Crippen molar-refractivity contribution in [2.45, 2.75) is 53.0 Å². The van der Waals surface area contributed by atoms with E-state index >= 15 is 0 Å². The Balaban J connectivity index is 4.89. The van der Waals surface area contributed by atoms with Crippen LogP contribution in [0.4, 0.5) is 0 Å². The number of carbonyl (C=O) groups excluding carboxylic acids is 2. The molecule has 0 saturated heterocycles. The number of nitrogens with one attached hydrogen (secondary N) is 1. The van der Waals surface area contributed by atoms with Crippen LogP contribution in [-0.4, -0.2) is 48.6 Å². The molecule has 0 aromatic carbocycles. The summed E-state index contributed by atoms with van der Waals surface area (Å²) in [5.41, 5.74) is -0.373. The fourth-order valence-corrected chi connectivity index (χ4v) is 1.92. The number of aliphatic hydroxyl groups is 1. The van der Waals surface area contributed by atoms with Gasteiger partial charge in [-0.1, -0.05) is 40.5 Å². The van der Waals surface area contributed by atoms with Gasteiger partial charge in [-0.25, -0.2) is 0 Å². The van der Waals surface area contributed by atoms with E-state index in [0.717, 1.165) is 12.8 Å². The molecule has 0 bridgehead atoms. The van der Waals surface area contributed by atoms with E-state index < -0.39 is 12.0 Å². The molecule has 2 N–H and O–H groups in total. The van der Waals surface area contributed by atoms with Crippen LogP contribution >= 0.6 is 0 Å². The van der Waals surface area contributed by atoms with Crippen LogP contribution in [0.25, 0.3) is 0 Å². The van der Waals surface area contributed by atoms with E-state index in [2.05, 4.69) is 5.32 Å². The lowest BCUT2D eigenvalue weighted by Crippen LogP contribution is -2.54. The number of aliphatic hydroxyl groups excluding tert-OH is 1. The smallest absolute Gasteiger partial charge is 0.245 e. The number of likely N-dealkylation sites (N-methyl/N-ethyl adjacent to an activating group) is 1. The van der Waals surface area contributed by atoms with Crippen LogP contribution in [0.3, 0.4) is 0 Å². The monoisotopic (exact) mass is 286 g/mol. The van der Waals surface area contributed by atoms with Gasteiger partial charge in [0, 0.05) is 14.1 Å². The third kappa shape index (κ3) is 5.90. The molecule has 0 aromatic heterocycles. The Bertz CT molecular complexity index is 322. The number of nitrogens with zero attached hydrogens (tertiary/aromatic N) is 1. The third-order valence-electron chi connectivity index (χ3n) is 3.34. The first-order valence-corrected chi connectivity index (χ1v) is 7.27. The van der Waals surface area contributed by atoms with Crippen LogP contribution in [0.2, 0.25) is 0 Å². The van der Waals surface area contributed by atoms with Gasteiger partial charge in [0.1, 0.15) is 6.04 Å². The van der Waals surface area contributed by atoms with Crippen molar-refractivity contribution in [3.63, 3.8) is 0 Å². The number of hydrogen-bond acceptors (Lipinski definition) is 3. The fourth-order valence-electron chi connectivity index (χ4n) is 1.92. The average molecular weight is 286 g/mol. The van der Waals surface area contributed by atoms with Crippen LogP contribution in [0.15, 0.2) is 0 Å². The molecule has 2 amide bonds. The van der Waals surface area contributed by atoms with Crippen molar-refractivity contribution in [1.82, 2.24) is 10.2 Å². The summed E-state index contributed by atoms with van der Waals surface area (Å²) in [4.78, 5) is 25.9. The Labute approximate surface area is 122 Å². The second-order valence-corrected chi connectivity index (χ2v) is 6.56.